The SMILES string of the molecule is CN1CCCN=C1NCCN. The van der Waals surface area contributed by atoms with Gasteiger partial charge >= 0.3 is 0 Å². The lowest BCUT2D eigenvalue weighted by molar-refractivity contribution is 0.447. The Hall–Kier alpha value is -0.770. The molecule has 0 fully saturated rings. The maximum absolute atomic E-state index is 5.36. The Balaban J connectivity index is 2.34. The summed E-state index contributed by atoms with van der Waals surface area (Å²) >= 11 is 0. The molecule has 0 atom stereocenters. The van der Waals surface area contributed by atoms with Gasteiger partial charge in [-0.05, 0) is 6.42 Å². The van der Waals surface area contributed by atoms with Gasteiger partial charge in [0.05, 0.1) is 0 Å². The van der Waals surface area contributed by atoms with Crippen LogP contribution in [0.15, 0.2) is 4.99 Å². The molecule has 11 heavy (non-hydrogen) atoms. The average molecular weight is 156 g/mol. The van der Waals surface area contributed by atoms with Crippen LogP contribution in [0.3, 0.4) is 0 Å². The van der Waals surface area contributed by atoms with E-state index in [1.807, 2.05) is 7.05 Å². The van der Waals surface area contributed by atoms with Crippen LogP contribution in [-0.2, 0) is 0 Å². The second-order valence-corrected chi connectivity index (χ2v) is 2.70. The number of nitrogens with zero attached hydrogens (tertiary/aromatic N) is 2. The van der Waals surface area contributed by atoms with Crippen molar-refractivity contribution in [2.75, 3.05) is 33.2 Å². The first-order valence-corrected chi connectivity index (χ1v) is 4.04. The van der Waals surface area contributed by atoms with Crippen molar-refractivity contribution < 1.29 is 0 Å². The summed E-state index contributed by atoms with van der Waals surface area (Å²) in [6, 6.07) is 0. The van der Waals surface area contributed by atoms with Gasteiger partial charge in [-0.2, -0.15) is 0 Å². The smallest absolute Gasteiger partial charge is 0.193 e. The molecule has 0 bridgehead atoms. The lowest BCUT2D eigenvalue weighted by atomic mass is 10.3. The molecule has 0 spiro atoms. The van der Waals surface area contributed by atoms with E-state index in [0.29, 0.717) is 6.54 Å². The highest BCUT2D eigenvalue weighted by Crippen LogP contribution is 1.96. The van der Waals surface area contributed by atoms with Gasteiger partial charge in [-0.25, -0.2) is 0 Å². The Morgan fingerprint density at radius 3 is 3.18 bits per heavy atom. The summed E-state index contributed by atoms with van der Waals surface area (Å²) in [7, 11) is 2.04. The van der Waals surface area contributed by atoms with Crippen molar-refractivity contribution in [1.82, 2.24) is 10.2 Å². The predicted octanol–water partition coefficient (Wildman–Crippen LogP) is -0.774. The summed E-state index contributed by atoms with van der Waals surface area (Å²) < 4.78 is 0. The Morgan fingerprint density at radius 2 is 2.55 bits per heavy atom. The summed E-state index contributed by atoms with van der Waals surface area (Å²) in [4.78, 5) is 6.45. The van der Waals surface area contributed by atoms with Crippen LogP contribution < -0.4 is 11.1 Å². The first-order chi connectivity index (χ1) is 5.34. The summed E-state index contributed by atoms with van der Waals surface area (Å²) in [5.41, 5.74) is 5.36. The van der Waals surface area contributed by atoms with E-state index in [2.05, 4.69) is 15.2 Å². The summed E-state index contributed by atoms with van der Waals surface area (Å²) in [5, 5.41) is 3.17. The Kier molecular flexibility index (Phi) is 3.16. The molecule has 1 heterocycles. The molecule has 0 aromatic heterocycles. The number of hydrogen-bond donors (Lipinski definition) is 2. The molecule has 0 aromatic carbocycles. The van der Waals surface area contributed by atoms with E-state index in [9.17, 15) is 0 Å². The Bertz CT molecular complexity index is 143. The number of guanidine groups is 1. The van der Waals surface area contributed by atoms with E-state index in [4.69, 9.17) is 5.73 Å². The minimum absolute atomic E-state index is 0.660. The molecule has 0 saturated heterocycles. The largest absolute Gasteiger partial charge is 0.355 e. The van der Waals surface area contributed by atoms with Crippen LogP contribution in [0.1, 0.15) is 6.42 Å². The lowest BCUT2D eigenvalue weighted by Gasteiger charge is -2.25. The zero-order chi connectivity index (χ0) is 8.10. The highest BCUT2D eigenvalue weighted by molar-refractivity contribution is 5.80. The van der Waals surface area contributed by atoms with Crippen molar-refractivity contribution in [3.05, 3.63) is 0 Å². The van der Waals surface area contributed by atoms with Crippen LogP contribution in [0, 0.1) is 0 Å². The monoisotopic (exact) mass is 156 g/mol. The van der Waals surface area contributed by atoms with Crippen molar-refractivity contribution >= 4 is 5.96 Å². The maximum atomic E-state index is 5.36. The van der Waals surface area contributed by atoms with Crippen molar-refractivity contribution in [2.24, 2.45) is 10.7 Å². The van der Waals surface area contributed by atoms with E-state index >= 15 is 0 Å². The van der Waals surface area contributed by atoms with E-state index in [1.165, 1.54) is 0 Å². The summed E-state index contributed by atoms with van der Waals surface area (Å²) in [5.74, 6) is 0.988. The van der Waals surface area contributed by atoms with Crippen LogP contribution in [-0.4, -0.2) is 44.1 Å². The Labute approximate surface area is 67.5 Å². The zero-order valence-corrected chi connectivity index (χ0v) is 7.01. The van der Waals surface area contributed by atoms with Gasteiger partial charge in [-0.3, -0.25) is 4.99 Å². The van der Waals surface area contributed by atoms with Crippen LogP contribution in [0.4, 0.5) is 0 Å². The molecule has 0 aliphatic carbocycles. The molecule has 0 unspecified atom stereocenters. The van der Waals surface area contributed by atoms with E-state index in [1.54, 1.807) is 0 Å². The average Bonchev–Trinajstić information content (AvgIpc) is 2.03. The highest BCUT2D eigenvalue weighted by atomic mass is 15.3. The van der Waals surface area contributed by atoms with E-state index in [-0.39, 0.29) is 0 Å². The fraction of sp³-hybridized carbons (Fsp3) is 0.857. The number of nitrogens with two attached hydrogens (primary N) is 1. The molecule has 0 amide bonds. The van der Waals surface area contributed by atoms with Gasteiger partial charge in [-0.1, -0.05) is 0 Å². The van der Waals surface area contributed by atoms with E-state index < -0.39 is 0 Å². The first-order valence-electron chi connectivity index (χ1n) is 4.04. The molecule has 1 aliphatic rings. The van der Waals surface area contributed by atoms with Gasteiger partial charge in [0.2, 0.25) is 0 Å². The van der Waals surface area contributed by atoms with Crippen molar-refractivity contribution in [2.45, 2.75) is 6.42 Å². The van der Waals surface area contributed by atoms with Gasteiger partial charge in [0.1, 0.15) is 0 Å². The molecular formula is C7H16N4. The van der Waals surface area contributed by atoms with Crippen LogP contribution in [0.2, 0.25) is 0 Å². The maximum Gasteiger partial charge on any atom is 0.193 e. The molecule has 1 rings (SSSR count). The fourth-order valence-electron chi connectivity index (χ4n) is 1.09. The predicted molar refractivity (Wildman–Crippen MR) is 46.6 cm³/mol. The number of rotatable bonds is 2. The fourth-order valence-corrected chi connectivity index (χ4v) is 1.09. The van der Waals surface area contributed by atoms with Crippen LogP contribution in [0.25, 0.3) is 0 Å². The number of nitrogens with one attached hydrogen (secondary N) is 1. The van der Waals surface area contributed by atoms with Gasteiger partial charge in [-0.15, -0.1) is 0 Å². The molecular weight excluding hydrogens is 140 g/mol. The molecule has 1 aliphatic heterocycles. The number of aliphatic imine (C=N–C) groups is 1. The van der Waals surface area contributed by atoms with Crippen LogP contribution in [0.5, 0.6) is 0 Å². The highest BCUT2D eigenvalue weighted by Gasteiger charge is 2.08. The second-order valence-electron chi connectivity index (χ2n) is 2.70. The third kappa shape index (κ3) is 2.38. The van der Waals surface area contributed by atoms with Crippen molar-refractivity contribution in [1.29, 1.82) is 0 Å². The normalized spacial score (nSPS) is 18.0. The third-order valence-electron chi connectivity index (χ3n) is 1.70. The molecule has 64 valence electrons. The quantitative estimate of drug-likeness (QED) is 0.552. The first kappa shape index (κ1) is 8.33. The summed E-state index contributed by atoms with van der Waals surface area (Å²) in [6.07, 6.45) is 1.16. The zero-order valence-electron chi connectivity index (χ0n) is 7.01. The lowest BCUT2D eigenvalue weighted by Crippen LogP contribution is -2.43. The minimum atomic E-state index is 0.660. The molecule has 4 nitrogen and oxygen atoms in total. The molecule has 0 radical (unpaired) electrons. The van der Waals surface area contributed by atoms with Gasteiger partial charge < -0.3 is 16.0 Å². The second kappa shape index (κ2) is 4.18. The van der Waals surface area contributed by atoms with E-state index in [0.717, 1.165) is 32.0 Å². The molecule has 4 heteroatoms. The molecule has 3 N–H and O–H groups in total. The third-order valence-corrected chi connectivity index (χ3v) is 1.70. The Morgan fingerprint density at radius 1 is 1.73 bits per heavy atom. The van der Waals surface area contributed by atoms with Crippen molar-refractivity contribution in [3.63, 3.8) is 0 Å². The summed E-state index contributed by atoms with van der Waals surface area (Å²) in [6.45, 7) is 3.50. The molecule has 0 saturated carbocycles. The minimum Gasteiger partial charge on any atom is -0.355 e. The van der Waals surface area contributed by atoms with Crippen LogP contribution >= 0.6 is 0 Å². The topological polar surface area (TPSA) is 53.6 Å². The van der Waals surface area contributed by atoms with Gasteiger partial charge in [0.25, 0.3) is 0 Å². The number of hydrogen-bond acceptors (Lipinski definition) is 4. The van der Waals surface area contributed by atoms with Gasteiger partial charge in [0, 0.05) is 33.2 Å². The van der Waals surface area contributed by atoms with Crippen molar-refractivity contribution in [3.8, 4) is 0 Å². The standard InChI is InChI=1S/C7H16N4/c1-11-6-2-4-9-7(11)10-5-3-8/h2-6,8H2,1H3,(H,9,10). The van der Waals surface area contributed by atoms with Gasteiger partial charge in [0.15, 0.2) is 5.96 Å². The molecule has 0 aromatic rings.